The lowest BCUT2D eigenvalue weighted by Gasteiger charge is -2.29. The molecule has 0 aromatic heterocycles. The number of rotatable bonds is 4. The molecule has 1 heterocycles. The smallest absolute Gasteiger partial charge is 0.245 e. The third-order valence-corrected chi connectivity index (χ3v) is 5.20. The van der Waals surface area contributed by atoms with Crippen molar-refractivity contribution in [2.24, 2.45) is 5.92 Å². The van der Waals surface area contributed by atoms with Gasteiger partial charge in [0.25, 0.3) is 0 Å². The number of likely N-dealkylation sites (tertiary alicyclic amines) is 1. The zero-order valence-electron chi connectivity index (χ0n) is 13.9. The maximum absolute atomic E-state index is 12.8. The fourth-order valence-electron chi connectivity index (χ4n) is 3.35. The fourth-order valence-corrected chi connectivity index (χ4v) is 3.35. The Bertz CT molecular complexity index is 580. The first-order valence-electron chi connectivity index (χ1n) is 8.79. The third-order valence-electron chi connectivity index (χ3n) is 5.20. The van der Waals surface area contributed by atoms with Gasteiger partial charge in [-0.25, -0.2) is 0 Å². The molecule has 1 aliphatic heterocycles. The van der Waals surface area contributed by atoms with E-state index in [9.17, 15) is 9.59 Å². The molecule has 1 saturated heterocycles. The highest BCUT2D eigenvalue weighted by molar-refractivity contribution is 5.89. The predicted molar refractivity (Wildman–Crippen MR) is 89.7 cm³/mol. The number of benzene rings is 1. The number of aryl methyl sites for hydroxylation is 1. The molecule has 124 valence electrons. The number of nitrogens with one attached hydrogen (secondary N) is 1. The molecule has 3 rings (SSSR count). The van der Waals surface area contributed by atoms with Crippen LogP contribution < -0.4 is 5.32 Å². The summed E-state index contributed by atoms with van der Waals surface area (Å²) in [6.45, 7) is 3.50. The van der Waals surface area contributed by atoms with Gasteiger partial charge in [0.05, 0.1) is 0 Å². The van der Waals surface area contributed by atoms with Crippen molar-refractivity contribution in [2.75, 3.05) is 6.54 Å². The molecule has 1 atom stereocenters. The molecule has 1 aromatic carbocycles. The van der Waals surface area contributed by atoms with E-state index in [1.807, 2.05) is 17.0 Å². The van der Waals surface area contributed by atoms with Crippen molar-refractivity contribution in [1.29, 1.82) is 0 Å². The minimum absolute atomic E-state index is 0.0762. The number of hydrogen-bond acceptors (Lipinski definition) is 2. The van der Waals surface area contributed by atoms with Crippen LogP contribution in [0.2, 0.25) is 0 Å². The van der Waals surface area contributed by atoms with Crippen LogP contribution in [0.4, 0.5) is 0 Å². The highest BCUT2D eigenvalue weighted by atomic mass is 16.2. The normalized spacial score (nSPS) is 22.4. The van der Waals surface area contributed by atoms with Gasteiger partial charge in [-0.3, -0.25) is 9.59 Å². The maximum Gasteiger partial charge on any atom is 0.245 e. The van der Waals surface area contributed by atoms with Crippen LogP contribution in [0, 0.1) is 12.8 Å². The van der Waals surface area contributed by atoms with E-state index in [1.54, 1.807) is 0 Å². The monoisotopic (exact) mass is 314 g/mol. The van der Waals surface area contributed by atoms with Gasteiger partial charge >= 0.3 is 0 Å². The van der Waals surface area contributed by atoms with Crippen LogP contribution >= 0.6 is 0 Å². The number of amides is 2. The van der Waals surface area contributed by atoms with Crippen LogP contribution in [0.25, 0.3) is 0 Å². The standard InChI is InChI=1S/C19H26N2O2/c1-14-7-2-3-8-16(14)13-21-12-5-4-11-17(19(21)23)20-18(22)15-9-6-10-15/h2-3,7-8,15,17H,4-6,9-13H2,1H3,(H,20,22). The molecule has 0 spiro atoms. The van der Waals surface area contributed by atoms with Gasteiger partial charge < -0.3 is 10.2 Å². The van der Waals surface area contributed by atoms with Gasteiger partial charge in [0.2, 0.25) is 11.8 Å². The summed E-state index contributed by atoms with van der Waals surface area (Å²) in [7, 11) is 0. The SMILES string of the molecule is Cc1ccccc1CN1CCCCC(NC(=O)C2CCC2)C1=O. The Morgan fingerprint density at radius 2 is 1.96 bits per heavy atom. The van der Waals surface area contributed by atoms with E-state index < -0.39 is 0 Å². The molecule has 0 radical (unpaired) electrons. The summed E-state index contributed by atoms with van der Waals surface area (Å²) in [5, 5.41) is 3.01. The lowest BCUT2D eigenvalue weighted by Crippen LogP contribution is -2.49. The fraction of sp³-hybridized carbons (Fsp3) is 0.579. The van der Waals surface area contributed by atoms with Gasteiger partial charge in [0, 0.05) is 19.0 Å². The van der Waals surface area contributed by atoms with Crippen molar-refractivity contribution in [2.45, 2.75) is 58.0 Å². The molecule has 23 heavy (non-hydrogen) atoms. The topological polar surface area (TPSA) is 49.4 Å². The van der Waals surface area contributed by atoms with E-state index in [0.29, 0.717) is 6.54 Å². The summed E-state index contributed by atoms with van der Waals surface area (Å²) in [4.78, 5) is 26.9. The first kappa shape index (κ1) is 16.0. The summed E-state index contributed by atoms with van der Waals surface area (Å²) >= 11 is 0. The maximum atomic E-state index is 12.8. The lowest BCUT2D eigenvalue weighted by molar-refractivity contribution is -0.138. The molecule has 1 aromatic rings. The highest BCUT2D eigenvalue weighted by Crippen LogP contribution is 2.27. The van der Waals surface area contributed by atoms with Crippen LogP contribution in [-0.4, -0.2) is 29.3 Å². The van der Waals surface area contributed by atoms with Crippen LogP contribution in [0.15, 0.2) is 24.3 Å². The third kappa shape index (κ3) is 3.74. The zero-order chi connectivity index (χ0) is 16.2. The molecule has 1 aliphatic carbocycles. The van der Waals surface area contributed by atoms with Gasteiger partial charge in [0.15, 0.2) is 0 Å². The molecular formula is C19H26N2O2. The molecule has 1 unspecified atom stereocenters. The average molecular weight is 314 g/mol. The highest BCUT2D eigenvalue weighted by Gasteiger charge is 2.32. The van der Waals surface area contributed by atoms with Crippen LogP contribution in [0.1, 0.15) is 49.7 Å². The Morgan fingerprint density at radius 1 is 1.17 bits per heavy atom. The van der Waals surface area contributed by atoms with E-state index in [0.717, 1.165) is 45.1 Å². The molecule has 4 heteroatoms. The summed E-state index contributed by atoms with van der Waals surface area (Å²) in [5.41, 5.74) is 2.39. The largest absolute Gasteiger partial charge is 0.344 e. The second-order valence-electron chi connectivity index (χ2n) is 6.87. The number of nitrogens with zero attached hydrogens (tertiary/aromatic N) is 1. The molecular weight excluding hydrogens is 288 g/mol. The van der Waals surface area contributed by atoms with Crippen LogP contribution in [0.3, 0.4) is 0 Å². The van der Waals surface area contributed by atoms with Gasteiger partial charge in [-0.05, 0) is 50.2 Å². The average Bonchev–Trinajstić information content (AvgIpc) is 2.63. The molecule has 4 nitrogen and oxygen atoms in total. The van der Waals surface area contributed by atoms with Gasteiger partial charge in [-0.15, -0.1) is 0 Å². The van der Waals surface area contributed by atoms with Gasteiger partial charge in [-0.2, -0.15) is 0 Å². The first-order chi connectivity index (χ1) is 11.1. The minimum Gasteiger partial charge on any atom is -0.344 e. The Kier molecular flexibility index (Phi) is 4.99. The van der Waals surface area contributed by atoms with E-state index in [1.165, 1.54) is 11.1 Å². The molecule has 1 N–H and O–H groups in total. The Balaban J connectivity index is 1.66. The second kappa shape index (κ2) is 7.16. The lowest BCUT2D eigenvalue weighted by atomic mass is 9.84. The first-order valence-corrected chi connectivity index (χ1v) is 8.79. The van der Waals surface area contributed by atoms with Crippen molar-refractivity contribution in [3.8, 4) is 0 Å². The summed E-state index contributed by atoms with van der Waals surface area (Å²) in [5.74, 6) is 0.293. The number of carbonyl (C=O) groups is 2. The molecule has 1 saturated carbocycles. The number of hydrogen-bond donors (Lipinski definition) is 1. The molecule has 2 aliphatic rings. The van der Waals surface area contributed by atoms with Gasteiger partial charge in [-0.1, -0.05) is 30.7 Å². The van der Waals surface area contributed by atoms with Crippen molar-refractivity contribution < 1.29 is 9.59 Å². The predicted octanol–water partition coefficient (Wildman–Crippen LogP) is 2.79. The molecule has 2 fully saturated rings. The van der Waals surface area contributed by atoms with E-state index >= 15 is 0 Å². The van der Waals surface area contributed by atoms with Gasteiger partial charge in [0.1, 0.15) is 6.04 Å². The van der Waals surface area contributed by atoms with E-state index in [4.69, 9.17) is 0 Å². The van der Waals surface area contributed by atoms with E-state index in [2.05, 4.69) is 24.4 Å². The Hall–Kier alpha value is -1.84. The minimum atomic E-state index is -0.338. The van der Waals surface area contributed by atoms with Crippen molar-refractivity contribution in [1.82, 2.24) is 10.2 Å². The molecule has 0 bridgehead atoms. The summed E-state index contributed by atoms with van der Waals surface area (Å²) in [6.07, 6.45) is 5.84. The van der Waals surface area contributed by atoms with E-state index in [-0.39, 0.29) is 23.8 Å². The van der Waals surface area contributed by atoms with Crippen molar-refractivity contribution >= 4 is 11.8 Å². The van der Waals surface area contributed by atoms with Crippen LogP contribution in [-0.2, 0) is 16.1 Å². The van der Waals surface area contributed by atoms with Crippen LogP contribution in [0.5, 0.6) is 0 Å². The Labute approximate surface area is 138 Å². The number of carbonyl (C=O) groups excluding carboxylic acids is 2. The summed E-state index contributed by atoms with van der Waals surface area (Å²) < 4.78 is 0. The van der Waals surface area contributed by atoms with Crippen molar-refractivity contribution in [3.05, 3.63) is 35.4 Å². The van der Waals surface area contributed by atoms with Crippen molar-refractivity contribution in [3.63, 3.8) is 0 Å². The quantitative estimate of drug-likeness (QED) is 0.929. The summed E-state index contributed by atoms with van der Waals surface area (Å²) in [6, 6.07) is 7.85. The molecule has 2 amide bonds. The Morgan fingerprint density at radius 3 is 2.65 bits per heavy atom. The zero-order valence-corrected chi connectivity index (χ0v) is 13.9. The second-order valence-corrected chi connectivity index (χ2v) is 6.87.